The lowest BCUT2D eigenvalue weighted by Crippen LogP contribution is -2.84. The van der Waals surface area contributed by atoms with E-state index in [1.54, 1.807) is 0 Å². The summed E-state index contributed by atoms with van der Waals surface area (Å²) in [6.07, 6.45) is 0. The number of rotatable bonds is 3. The van der Waals surface area contributed by atoms with Crippen LogP contribution in [-0.2, 0) is 5.66 Å². The van der Waals surface area contributed by atoms with E-state index >= 15 is 0 Å². The summed E-state index contributed by atoms with van der Waals surface area (Å²) in [5.74, 6) is 0. The highest BCUT2D eigenvalue weighted by Gasteiger charge is 2.70. The van der Waals surface area contributed by atoms with Gasteiger partial charge < -0.3 is 4.57 Å². The quantitative estimate of drug-likeness (QED) is 0.0958. The van der Waals surface area contributed by atoms with Crippen molar-refractivity contribution in [1.29, 1.82) is 0 Å². The maximum Gasteiger partial charge on any atom is 0.309 e. The zero-order valence-electron chi connectivity index (χ0n) is 37.1. The first-order valence-electron chi connectivity index (χ1n) is 24.1. The first kappa shape index (κ1) is 35.4. The average Bonchev–Trinajstić information content (AvgIpc) is 4.20. The summed E-state index contributed by atoms with van der Waals surface area (Å²) < 4.78 is 13.3. The molecule has 0 radical (unpaired) electrons. The molecule has 3 aliphatic heterocycles. The highest BCUT2D eigenvalue weighted by atomic mass is 28.3. The van der Waals surface area contributed by atoms with Gasteiger partial charge in [-0.25, -0.2) is 0 Å². The van der Waals surface area contributed by atoms with E-state index in [-0.39, 0.29) is 0 Å². The van der Waals surface area contributed by atoms with Crippen LogP contribution in [-0.4, -0.2) is 21.4 Å². The second-order valence-corrected chi connectivity index (χ2v) is 23.3. The van der Waals surface area contributed by atoms with Gasteiger partial charge >= 0.3 is 17.0 Å². The van der Waals surface area contributed by atoms with E-state index in [4.69, 9.17) is 0 Å². The van der Waals surface area contributed by atoms with Crippen LogP contribution in [0, 0.1) is 0 Å². The average molecular weight is 892 g/mol. The van der Waals surface area contributed by atoms with Crippen molar-refractivity contribution in [1.82, 2.24) is 13.4 Å². The number of benzene rings is 10. The van der Waals surface area contributed by atoms with Crippen molar-refractivity contribution in [2.45, 2.75) is 5.66 Å². The number of aromatic nitrogens is 5. The third kappa shape index (κ3) is 3.68. The molecule has 0 bridgehead atoms. The minimum atomic E-state index is -3.09. The van der Waals surface area contributed by atoms with Gasteiger partial charge in [-0.1, -0.05) is 164 Å². The minimum Gasteiger partial charge on any atom is -0.309 e. The Morgan fingerprint density at radius 3 is 1.38 bits per heavy atom. The van der Waals surface area contributed by atoms with Gasteiger partial charge in [-0.2, -0.15) is 17.9 Å². The number of nitrogens with zero attached hydrogens (tertiary/aromatic N) is 5. The van der Waals surface area contributed by atoms with Crippen molar-refractivity contribution < 1.29 is 9.13 Å². The molecule has 10 aromatic carbocycles. The molecule has 18 rings (SSSR count). The van der Waals surface area contributed by atoms with E-state index < -0.39 is 13.7 Å². The van der Waals surface area contributed by atoms with E-state index in [1.807, 2.05) is 0 Å². The lowest BCUT2D eigenvalue weighted by Gasteiger charge is -2.43. The Morgan fingerprint density at radius 2 is 0.783 bits per heavy atom. The molecule has 316 valence electrons. The second kappa shape index (κ2) is 11.8. The number of para-hydroxylation sites is 7. The number of hydrogen-bond donors (Lipinski definition) is 0. The van der Waals surface area contributed by atoms with Crippen LogP contribution in [0.15, 0.2) is 224 Å². The van der Waals surface area contributed by atoms with Crippen LogP contribution in [0.4, 0.5) is 0 Å². The fourth-order valence-corrected chi connectivity index (χ4v) is 19.8. The van der Waals surface area contributed by atoms with Crippen LogP contribution in [0.3, 0.4) is 0 Å². The molecule has 0 amide bonds. The zero-order chi connectivity index (χ0) is 44.5. The molecule has 69 heavy (non-hydrogen) atoms. The third-order valence-corrected chi connectivity index (χ3v) is 21.6. The molecule has 8 heterocycles. The van der Waals surface area contributed by atoms with E-state index in [2.05, 4.69) is 247 Å². The van der Waals surface area contributed by atoms with E-state index in [1.165, 1.54) is 130 Å². The predicted octanol–water partition coefficient (Wildman–Crippen LogP) is 10.4. The molecule has 15 aromatic rings. The van der Waals surface area contributed by atoms with Crippen molar-refractivity contribution in [3.05, 3.63) is 236 Å². The molecule has 1 spiro atoms. The van der Waals surface area contributed by atoms with Crippen molar-refractivity contribution in [2.24, 2.45) is 0 Å². The molecule has 0 aliphatic carbocycles. The fourth-order valence-electron chi connectivity index (χ4n) is 14.5. The third-order valence-electron chi connectivity index (χ3n) is 16.8. The van der Waals surface area contributed by atoms with Crippen LogP contribution < -0.4 is 29.9 Å². The number of imidazole rings is 2. The van der Waals surface area contributed by atoms with Gasteiger partial charge in [0, 0.05) is 44.1 Å². The molecule has 0 saturated heterocycles. The van der Waals surface area contributed by atoms with Crippen LogP contribution in [0.5, 0.6) is 0 Å². The molecule has 0 N–H and O–H groups in total. The van der Waals surface area contributed by atoms with E-state index in [9.17, 15) is 0 Å². The van der Waals surface area contributed by atoms with Crippen molar-refractivity contribution in [3.8, 4) is 5.69 Å². The van der Waals surface area contributed by atoms with Crippen LogP contribution >= 0.6 is 0 Å². The van der Waals surface area contributed by atoms with E-state index in [0.717, 1.165) is 5.69 Å². The van der Waals surface area contributed by atoms with Gasteiger partial charge in [-0.15, -0.1) is 0 Å². The van der Waals surface area contributed by atoms with E-state index in [0.29, 0.717) is 0 Å². The number of fused-ring (bicyclic) bond motifs is 15. The Labute approximate surface area is 394 Å². The first-order valence-corrected chi connectivity index (χ1v) is 26.1. The maximum absolute atomic E-state index is 3.09. The summed E-state index contributed by atoms with van der Waals surface area (Å²) in [5, 5.41) is 16.1. The number of hydrogen-bond acceptors (Lipinski definition) is 0. The molecule has 1 unspecified atom stereocenters. The summed E-state index contributed by atoms with van der Waals surface area (Å²) in [6, 6.07) is 85.7. The highest BCUT2D eigenvalue weighted by Crippen LogP contribution is 2.53. The normalized spacial score (nSPS) is 16.3. The second-order valence-electron chi connectivity index (χ2n) is 19.5. The largest absolute Gasteiger partial charge is 0.309 e. The summed E-state index contributed by atoms with van der Waals surface area (Å²) in [5.41, 5.74) is 15.5. The van der Waals surface area contributed by atoms with Gasteiger partial charge in [-0.05, 0) is 75.3 Å². The zero-order valence-corrected chi connectivity index (χ0v) is 38.1. The standard InChI is InChI=1S/C63H37N5Si/c1-4-18-38(19-5-1)64-47-26-12-11-25-42(47)45-36-46-44-33-35-56-60-58(44)62-66(54(46)37-53(45)64)50-29-15-17-31-52(50)68(62)63(60)59-55(69(56,39-20-6-2-7-21-39)40-22-8-3-9-23-40)34-32-43-41-24-10-13-27-48(41)65-49-28-14-16-30-51(49)67(63)61(65)57(43)59/h1-37H/q+2. The summed E-state index contributed by atoms with van der Waals surface area (Å²) in [4.78, 5) is 0. The molecule has 0 fully saturated rings. The Morgan fingerprint density at radius 1 is 0.333 bits per heavy atom. The van der Waals surface area contributed by atoms with Gasteiger partial charge in [0.2, 0.25) is 0 Å². The first-order chi connectivity index (χ1) is 34.3. The molecular weight excluding hydrogens is 855 g/mol. The Kier molecular flexibility index (Phi) is 6.05. The summed E-state index contributed by atoms with van der Waals surface area (Å²) in [7, 11) is -3.09. The Balaban J connectivity index is 1.16. The van der Waals surface area contributed by atoms with Crippen LogP contribution in [0.2, 0.25) is 0 Å². The van der Waals surface area contributed by atoms with Crippen molar-refractivity contribution in [2.75, 3.05) is 0 Å². The topological polar surface area (TPSA) is 21.5 Å². The van der Waals surface area contributed by atoms with Gasteiger partial charge in [0.15, 0.2) is 30.1 Å². The maximum atomic E-state index is 2.81. The number of pyridine rings is 2. The van der Waals surface area contributed by atoms with Crippen LogP contribution in [0.1, 0.15) is 11.1 Å². The lowest BCUT2D eigenvalue weighted by molar-refractivity contribution is -0.923. The highest BCUT2D eigenvalue weighted by molar-refractivity contribution is 7.20. The smallest absolute Gasteiger partial charge is 0.309 e. The SMILES string of the molecule is c1ccc(-n2c3ccccc3c3cc4c5ccc6c7c5c5n(c4cc32)c2ccccc2[n+]5C72c3c(ccc4c5ccccc5n5c7ccccc7[n+]2c5c34)[Si]6(c2ccccc2)c2ccccc2)cc1. The Bertz CT molecular complexity index is 4850. The molecule has 0 saturated carbocycles. The van der Waals surface area contributed by atoms with Crippen LogP contribution in [0.25, 0.3) is 104 Å². The van der Waals surface area contributed by atoms with Gasteiger partial charge in [0.25, 0.3) is 0 Å². The lowest BCUT2D eigenvalue weighted by atomic mass is 9.86. The Hall–Kier alpha value is -8.84. The molecule has 6 heteroatoms. The molecular formula is C63H37N5Si+2. The summed E-state index contributed by atoms with van der Waals surface area (Å²) in [6.45, 7) is 0. The van der Waals surface area contributed by atoms with Gasteiger partial charge in [-0.3, -0.25) is 0 Å². The van der Waals surface area contributed by atoms with Gasteiger partial charge in [0.1, 0.15) is 11.0 Å². The minimum absolute atomic E-state index is 0.767. The van der Waals surface area contributed by atoms with Crippen molar-refractivity contribution in [3.63, 3.8) is 0 Å². The predicted molar refractivity (Wildman–Crippen MR) is 283 cm³/mol. The monoisotopic (exact) mass is 891 g/mol. The van der Waals surface area contributed by atoms with Crippen molar-refractivity contribution >= 4 is 127 Å². The fraction of sp³-hybridized carbons (Fsp3) is 0.0159. The molecule has 1 atom stereocenters. The molecule has 5 nitrogen and oxygen atoms in total. The molecule has 3 aliphatic rings. The summed E-state index contributed by atoms with van der Waals surface area (Å²) >= 11 is 0. The van der Waals surface area contributed by atoms with Gasteiger partial charge in [0.05, 0.1) is 32.9 Å². The molecule has 5 aromatic heterocycles.